The fraction of sp³-hybridized carbons (Fsp3) is 0.400. The van der Waals surface area contributed by atoms with Gasteiger partial charge >= 0.3 is 11.8 Å². The number of rotatable bonds is 2. The van der Waals surface area contributed by atoms with Gasteiger partial charge in [-0.1, -0.05) is 17.7 Å². The molecule has 1 aromatic rings. The average molecular weight is 304 g/mol. The van der Waals surface area contributed by atoms with Gasteiger partial charge in [-0.2, -0.15) is 0 Å². The van der Waals surface area contributed by atoms with Crippen molar-refractivity contribution in [2.45, 2.75) is 25.4 Å². The lowest BCUT2D eigenvalue weighted by Crippen LogP contribution is -2.48. The smallest absolute Gasteiger partial charge is 0.313 e. The van der Waals surface area contributed by atoms with Gasteiger partial charge in [-0.05, 0) is 25.5 Å². The van der Waals surface area contributed by atoms with E-state index in [1.807, 2.05) is 19.1 Å². The first-order valence-corrected chi connectivity index (χ1v) is 7.08. The zero-order chi connectivity index (χ0) is 16.3. The number of hydrogen-bond acceptors (Lipinski definition) is 4. The maximum Gasteiger partial charge on any atom is 0.313 e. The number of likely N-dealkylation sites (tertiary alicyclic amines) is 1. The minimum absolute atomic E-state index is 0.193. The minimum atomic E-state index is -0.771. The Labute approximate surface area is 128 Å². The third-order valence-electron chi connectivity index (χ3n) is 3.65. The van der Waals surface area contributed by atoms with Crippen LogP contribution in [0.3, 0.4) is 0 Å². The molecule has 1 aromatic carbocycles. The molecule has 22 heavy (non-hydrogen) atoms. The Morgan fingerprint density at radius 2 is 1.86 bits per heavy atom. The van der Waals surface area contributed by atoms with Crippen molar-refractivity contribution in [2.24, 2.45) is 5.73 Å². The van der Waals surface area contributed by atoms with Crippen molar-refractivity contribution >= 4 is 23.4 Å². The zero-order valence-corrected chi connectivity index (χ0v) is 12.6. The summed E-state index contributed by atoms with van der Waals surface area (Å²) in [7, 11) is 1.49. The number of carbonyl (C=O) groups excluding carboxylic acids is 3. The zero-order valence-electron chi connectivity index (χ0n) is 12.6. The molecule has 3 amide bonds. The van der Waals surface area contributed by atoms with Crippen LogP contribution < -0.4 is 16.4 Å². The van der Waals surface area contributed by atoms with Gasteiger partial charge in [0.25, 0.3) is 0 Å². The number of nitrogens with two attached hydrogens (primary N) is 1. The maximum absolute atomic E-state index is 12.3. The van der Waals surface area contributed by atoms with E-state index in [1.54, 1.807) is 12.1 Å². The highest BCUT2D eigenvalue weighted by molar-refractivity contribution is 6.40. The summed E-state index contributed by atoms with van der Waals surface area (Å²) < 4.78 is 0. The number of likely N-dealkylation sites (N-methyl/N-ethyl adjacent to an activating group) is 1. The van der Waals surface area contributed by atoms with Gasteiger partial charge in [0.05, 0.1) is 0 Å². The molecular formula is C15H20N4O3. The van der Waals surface area contributed by atoms with E-state index >= 15 is 0 Å². The lowest BCUT2D eigenvalue weighted by Gasteiger charge is -2.22. The van der Waals surface area contributed by atoms with Crippen molar-refractivity contribution in [1.82, 2.24) is 10.2 Å². The summed E-state index contributed by atoms with van der Waals surface area (Å²) in [5, 5.41) is 5.02. The predicted molar refractivity (Wildman–Crippen MR) is 82.0 cm³/mol. The normalized spacial score (nSPS) is 20.6. The van der Waals surface area contributed by atoms with Gasteiger partial charge in [0, 0.05) is 25.3 Å². The van der Waals surface area contributed by atoms with Crippen molar-refractivity contribution in [1.29, 1.82) is 0 Å². The Morgan fingerprint density at radius 1 is 1.23 bits per heavy atom. The molecule has 1 aliphatic rings. The Morgan fingerprint density at radius 3 is 2.45 bits per heavy atom. The van der Waals surface area contributed by atoms with Crippen LogP contribution in [-0.4, -0.2) is 48.3 Å². The Hall–Kier alpha value is -2.41. The van der Waals surface area contributed by atoms with Gasteiger partial charge in [0.2, 0.25) is 5.91 Å². The van der Waals surface area contributed by atoms with E-state index in [2.05, 4.69) is 10.6 Å². The maximum atomic E-state index is 12.3. The van der Waals surface area contributed by atoms with E-state index in [0.717, 1.165) is 5.56 Å². The summed E-state index contributed by atoms with van der Waals surface area (Å²) in [6.07, 6.45) is 0.350. The summed E-state index contributed by atoms with van der Waals surface area (Å²) in [6, 6.07) is 6.09. The molecule has 0 spiro atoms. The molecule has 2 atom stereocenters. The largest absolute Gasteiger partial charge is 0.357 e. The average Bonchev–Trinajstić information content (AvgIpc) is 2.89. The molecule has 0 saturated carbocycles. The topological polar surface area (TPSA) is 105 Å². The molecule has 0 aliphatic carbocycles. The number of benzene rings is 1. The van der Waals surface area contributed by atoms with Crippen LogP contribution in [0, 0.1) is 6.92 Å². The molecule has 0 radical (unpaired) electrons. The monoisotopic (exact) mass is 304 g/mol. The highest BCUT2D eigenvalue weighted by Gasteiger charge is 2.39. The molecule has 1 saturated heterocycles. The van der Waals surface area contributed by atoms with Gasteiger partial charge in [-0.25, -0.2) is 0 Å². The molecule has 0 bridgehead atoms. The highest BCUT2D eigenvalue weighted by atomic mass is 16.2. The lowest BCUT2D eigenvalue weighted by molar-refractivity contribution is -0.146. The molecule has 1 heterocycles. The standard InChI is InChI=1S/C15H20N4O3/c1-9-3-5-11(6-4-9)18-14(21)15(22)19-8-10(16)7-12(19)13(20)17-2/h3-6,10,12H,7-8,16H2,1-2H3,(H,17,20)(H,18,21)/t10-,12-/m0/s1. The first-order valence-electron chi connectivity index (χ1n) is 7.08. The summed E-state index contributed by atoms with van der Waals surface area (Å²) in [5.74, 6) is -1.83. The van der Waals surface area contributed by atoms with Crippen LogP contribution in [0.1, 0.15) is 12.0 Å². The second kappa shape index (κ2) is 6.57. The van der Waals surface area contributed by atoms with E-state index in [0.29, 0.717) is 12.1 Å². The van der Waals surface area contributed by atoms with Crippen molar-refractivity contribution < 1.29 is 14.4 Å². The number of anilines is 1. The summed E-state index contributed by atoms with van der Waals surface area (Å²) in [4.78, 5) is 37.4. The molecule has 2 rings (SSSR count). The fourth-order valence-corrected chi connectivity index (χ4v) is 2.46. The Bertz CT molecular complexity index is 585. The van der Waals surface area contributed by atoms with Crippen molar-refractivity contribution in [2.75, 3.05) is 18.9 Å². The van der Waals surface area contributed by atoms with E-state index in [9.17, 15) is 14.4 Å². The highest BCUT2D eigenvalue weighted by Crippen LogP contribution is 2.18. The van der Waals surface area contributed by atoms with Crippen molar-refractivity contribution in [3.63, 3.8) is 0 Å². The van der Waals surface area contributed by atoms with Crippen molar-refractivity contribution in [3.05, 3.63) is 29.8 Å². The van der Waals surface area contributed by atoms with Crippen LogP contribution >= 0.6 is 0 Å². The number of hydrogen-bond donors (Lipinski definition) is 3. The fourth-order valence-electron chi connectivity index (χ4n) is 2.46. The van der Waals surface area contributed by atoms with E-state index in [4.69, 9.17) is 5.73 Å². The second-order valence-electron chi connectivity index (χ2n) is 5.40. The number of carbonyl (C=O) groups is 3. The molecule has 7 nitrogen and oxygen atoms in total. The molecule has 118 valence electrons. The summed E-state index contributed by atoms with van der Waals surface area (Å²) >= 11 is 0. The van der Waals surface area contributed by atoms with Crippen molar-refractivity contribution in [3.8, 4) is 0 Å². The van der Waals surface area contributed by atoms with Gasteiger partial charge in [0.1, 0.15) is 6.04 Å². The predicted octanol–water partition coefficient (Wildman–Crippen LogP) is -0.392. The van der Waals surface area contributed by atoms with Crippen LogP contribution in [0.2, 0.25) is 0 Å². The summed E-state index contributed by atoms with van der Waals surface area (Å²) in [5.41, 5.74) is 7.39. The SMILES string of the molecule is CNC(=O)[C@@H]1C[C@H](N)CN1C(=O)C(=O)Nc1ccc(C)cc1. The van der Waals surface area contributed by atoms with Gasteiger partial charge in [0.15, 0.2) is 0 Å². The van der Waals surface area contributed by atoms with Gasteiger partial charge < -0.3 is 21.3 Å². The van der Waals surface area contributed by atoms with Gasteiger partial charge in [-0.3, -0.25) is 14.4 Å². The molecule has 4 N–H and O–H groups in total. The molecule has 1 fully saturated rings. The lowest BCUT2D eigenvalue weighted by atomic mass is 10.1. The number of aryl methyl sites for hydroxylation is 1. The van der Waals surface area contributed by atoms with E-state index in [-0.39, 0.29) is 18.5 Å². The quantitative estimate of drug-likeness (QED) is 0.647. The van der Waals surface area contributed by atoms with Crippen LogP contribution in [0.15, 0.2) is 24.3 Å². The molecule has 7 heteroatoms. The van der Waals surface area contributed by atoms with Crippen LogP contribution in [0.25, 0.3) is 0 Å². The summed E-state index contributed by atoms with van der Waals surface area (Å²) in [6.45, 7) is 2.12. The Balaban J connectivity index is 2.07. The number of nitrogens with zero attached hydrogens (tertiary/aromatic N) is 1. The third kappa shape index (κ3) is 3.43. The Kier molecular flexibility index (Phi) is 4.77. The first-order chi connectivity index (χ1) is 10.4. The van der Waals surface area contributed by atoms with Crippen LogP contribution in [0.5, 0.6) is 0 Å². The third-order valence-corrected chi connectivity index (χ3v) is 3.65. The van der Waals surface area contributed by atoms with Crippen LogP contribution in [0.4, 0.5) is 5.69 Å². The number of amides is 3. The van der Waals surface area contributed by atoms with E-state index in [1.165, 1.54) is 11.9 Å². The van der Waals surface area contributed by atoms with E-state index < -0.39 is 17.9 Å². The van der Waals surface area contributed by atoms with Crippen LogP contribution in [-0.2, 0) is 14.4 Å². The first kappa shape index (κ1) is 16.0. The molecule has 0 aromatic heterocycles. The second-order valence-corrected chi connectivity index (χ2v) is 5.40. The molecule has 0 unspecified atom stereocenters. The molecule has 1 aliphatic heterocycles. The van der Waals surface area contributed by atoms with Gasteiger partial charge in [-0.15, -0.1) is 0 Å². The number of nitrogens with one attached hydrogen (secondary N) is 2. The molecular weight excluding hydrogens is 284 g/mol. The minimum Gasteiger partial charge on any atom is -0.357 e.